The van der Waals surface area contributed by atoms with E-state index in [2.05, 4.69) is 20.4 Å². The molecule has 0 aliphatic carbocycles. The smallest absolute Gasteiger partial charge is 0.326 e. The van der Waals surface area contributed by atoms with Gasteiger partial charge in [-0.1, -0.05) is 19.8 Å². The minimum absolute atomic E-state index is 0.150. The molecule has 0 spiro atoms. The van der Waals surface area contributed by atoms with Crippen LogP contribution in [0.2, 0.25) is 0 Å². The summed E-state index contributed by atoms with van der Waals surface area (Å²) in [4.78, 5) is 30.4. The summed E-state index contributed by atoms with van der Waals surface area (Å²) < 4.78 is 1.66. The molecule has 0 amide bonds. The molecule has 0 aliphatic heterocycles. The Balaban J connectivity index is 2.41. The molecule has 0 unspecified atom stereocenters. The fourth-order valence-electron chi connectivity index (χ4n) is 2.31. The monoisotopic (exact) mass is 321 g/mol. The summed E-state index contributed by atoms with van der Waals surface area (Å²) in [6.07, 6.45) is 3.61. The number of anilines is 1. The normalized spacial score (nSPS) is 13.2. The number of nitrogens with one attached hydrogen (secondary N) is 2. The van der Waals surface area contributed by atoms with Crippen molar-refractivity contribution in [2.75, 3.05) is 5.32 Å². The molecule has 0 saturated carbocycles. The molecule has 23 heavy (non-hydrogen) atoms. The Labute approximate surface area is 133 Å². The number of fused-ring (bicyclic) bond motifs is 1. The van der Waals surface area contributed by atoms with Gasteiger partial charge >= 0.3 is 5.97 Å². The van der Waals surface area contributed by atoms with Crippen LogP contribution in [-0.2, 0) is 10.3 Å². The quantitative estimate of drug-likeness (QED) is 0.749. The second kappa shape index (κ2) is 6.39. The number of aliphatic carboxylic acids is 1. The topological polar surface area (TPSA) is 113 Å². The third-order valence-corrected chi connectivity index (χ3v) is 3.53. The first kappa shape index (κ1) is 17.0. The van der Waals surface area contributed by atoms with Crippen molar-refractivity contribution in [1.82, 2.24) is 19.7 Å². The number of rotatable bonds is 6. The Morgan fingerprint density at radius 2 is 2.17 bits per heavy atom. The molecule has 2 aromatic rings. The van der Waals surface area contributed by atoms with Crippen LogP contribution in [0, 0.1) is 0 Å². The van der Waals surface area contributed by atoms with Crippen molar-refractivity contribution in [3.8, 4) is 0 Å². The molecule has 2 heterocycles. The number of aromatic amines is 1. The Kier molecular flexibility index (Phi) is 4.72. The van der Waals surface area contributed by atoms with Crippen molar-refractivity contribution in [3.63, 3.8) is 0 Å². The Bertz CT molecular complexity index is 757. The van der Waals surface area contributed by atoms with Gasteiger partial charge < -0.3 is 10.4 Å². The summed E-state index contributed by atoms with van der Waals surface area (Å²) in [6, 6.07) is -0.790. The number of carboxylic acids is 1. The van der Waals surface area contributed by atoms with E-state index in [1.807, 2.05) is 27.7 Å². The molecule has 0 saturated heterocycles. The first-order chi connectivity index (χ1) is 10.7. The second-order valence-electron chi connectivity index (χ2n) is 6.56. The fraction of sp³-hybridized carbons (Fsp3) is 0.600. The SMILES string of the molecule is CCCC[C@H](Nc1nc2c(cnn2C(C)(C)C)c(=O)[nH]1)C(=O)O. The lowest BCUT2D eigenvalue weighted by Crippen LogP contribution is -2.31. The van der Waals surface area contributed by atoms with Gasteiger partial charge in [-0.05, 0) is 27.2 Å². The molecule has 0 aliphatic rings. The molecule has 0 radical (unpaired) electrons. The third-order valence-electron chi connectivity index (χ3n) is 3.53. The molecule has 2 rings (SSSR count). The molecule has 8 heteroatoms. The molecule has 0 bridgehead atoms. The number of hydrogen-bond donors (Lipinski definition) is 3. The maximum atomic E-state index is 12.2. The number of carbonyl (C=O) groups is 1. The minimum atomic E-state index is -0.967. The average Bonchev–Trinajstić information content (AvgIpc) is 2.87. The van der Waals surface area contributed by atoms with Gasteiger partial charge in [-0.2, -0.15) is 10.1 Å². The maximum Gasteiger partial charge on any atom is 0.326 e. The number of aromatic nitrogens is 4. The van der Waals surface area contributed by atoms with Crippen molar-refractivity contribution in [1.29, 1.82) is 0 Å². The van der Waals surface area contributed by atoms with Crippen LogP contribution in [0.5, 0.6) is 0 Å². The van der Waals surface area contributed by atoms with E-state index >= 15 is 0 Å². The largest absolute Gasteiger partial charge is 0.480 e. The van der Waals surface area contributed by atoms with E-state index < -0.39 is 12.0 Å². The summed E-state index contributed by atoms with van der Waals surface area (Å²) >= 11 is 0. The molecule has 126 valence electrons. The van der Waals surface area contributed by atoms with Gasteiger partial charge in [0.1, 0.15) is 11.4 Å². The second-order valence-corrected chi connectivity index (χ2v) is 6.56. The Morgan fingerprint density at radius 3 is 2.74 bits per heavy atom. The highest BCUT2D eigenvalue weighted by molar-refractivity contribution is 5.78. The predicted molar refractivity (Wildman–Crippen MR) is 87.7 cm³/mol. The molecule has 8 nitrogen and oxygen atoms in total. The zero-order valence-electron chi connectivity index (χ0n) is 13.9. The van der Waals surface area contributed by atoms with E-state index in [1.54, 1.807) is 4.68 Å². The van der Waals surface area contributed by atoms with Crippen LogP contribution in [-0.4, -0.2) is 36.9 Å². The minimum Gasteiger partial charge on any atom is -0.480 e. The highest BCUT2D eigenvalue weighted by Crippen LogP contribution is 2.19. The molecular formula is C15H23N5O3. The highest BCUT2D eigenvalue weighted by Gasteiger charge is 2.22. The van der Waals surface area contributed by atoms with Crippen LogP contribution in [0.15, 0.2) is 11.0 Å². The van der Waals surface area contributed by atoms with Crippen molar-refractivity contribution in [2.45, 2.75) is 58.5 Å². The van der Waals surface area contributed by atoms with Gasteiger partial charge in [-0.25, -0.2) is 9.48 Å². The number of hydrogen-bond acceptors (Lipinski definition) is 5. The average molecular weight is 321 g/mol. The van der Waals surface area contributed by atoms with Crippen molar-refractivity contribution in [3.05, 3.63) is 16.6 Å². The van der Waals surface area contributed by atoms with Gasteiger partial charge in [0, 0.05) is 0 Å². The maximum absolute atomic E-state index is 12.2. The van der Waals surface area contributed by atoms with Crippen LogP contribution in [0.4, 0.5) is 5.95 Å². The number of nitrogens with zero attached hydrogens (tertiary/aromatic N) is 3. The third kappa shape index (κ3) is 3.69. The number of carboxylic acid groups (broad SMARTS) is 1. The summed E-state index contributed by atoms with van der Waals surface area (Å²) in [7, 11) is 0. The van der Waals surface area contributed by atoms with Crippen LogP contribution in [0.1, 0.15) is 47.0 Å². The van der Waals surface area contributed by atoms with E-state index in [0.29, 0.717) is 17.5 Å². The Morgan fingerprint density at radius 1 is 1.48 bits per heavy atom. The number of unbranched alkanes of at least 4 members (excludes halogenated alkanes) is 1. The zero-order valence-corrected chi connectivity index (χ0v) is 13.9. The van der Waals surface area contributed by atoms with E-state index in [9.17, 15) is 14.7 Å². The first-order valence-corrected chi connectivity index (χ1v) is 7.72. The van der Waals surface area contributed by atoms with Crippen molar-refractivity contribution in [2.24, 2.45) is 0 Å². The number of H-pyrrole nitrogens is 1. The van der Waals surface area contributed by atoms with Crippen LogP contribution in [0.25, 0.3) is 11.0 Å². The van der Waals surface area contributed by atoms with Gasteiger partial charge in [0.15, 0.2) is 5.65 Å². The summed E-state index contributed by atoms with van der Waals surface area (Å²) in [5, 5.41) is 16.7. The lowest BCUT2D eigenvalue weighted by Gasteiger charge is -2.20. The first-order valence-electron chi connectivity index (χ1n) is 7.72. The van der Waals surface area contributed by atoms with Gasteiger partial charge in [-0.3, -0.25) is 9.78 Å². The van der Waals surface area contributed by atoms with Crippen molar-refractivity contribution < 1.29 is 9.90 Å². The molecule has 3 N–H and O–H groups in total. The summed E-state index contributed by atoms with van der Waals surface area (Å²) in [5.74, 6) is -0.817. The molecule has 0 aromatic carbocycles. The lowest BCUT2D eigenvalue weighted by atomic mass is 10.1. The van der Waals surface area contributed by atoms with Crippen molar-refractivity contribution >= 4 is 23.0 Å². The summed E-state index contributed by atoms with van der Waals surface area (Å²) in [6.45, 7) is 7.86. The van der Waals surface area contributed by atoms with Crippen LogP contribution >= 0.6 is 0 Å². The van der Waals surface area contributed by atoms with Gasteiger partial charge in [0.25, 0.3) is 5.56 Å². The summed E-state index contributed by atoms with van der Waals surface area (Å²) in [5.41, 5.74) is -0.246. The van der Waals surface area contributed by atoms with Gasteiger partial charge in [-0.15, -0.1) is 0 Å². The Hall–Kier alpha value is -2.38. The van der Waals surface area contributed by atoms with Crippen LogP contribution in [0.3, 0.4) is 0 Å². The van der Waals surface area contributed by atoms with Crippen LogP contribution < -0.4 is 10.9 Å². The highest BCUT2D eigenvalue weighted by atomic mass is 16.4. The lowest BCUT2D eigenvalue weighted by molar-refractivity contribution is -0.138. The van der Waals surface area contributed by atoms with E-state index in [-0.39, 0.29) is 17.0 Å². The standard InChI is InChI=1S/C15H23N5O3/c1-5-6-7-10(13(22)23)17-14-18-11-9(12(21)19-14)8-16-20(11)15(2,3)4/h8,10H,5-7H2,1-4H3,(H,22,23)(H2,17,18,19,21)/t10-/m0/s1. The fourth-order valence-corrected chi connectivity index (χ4v) is 2.31. The van der Waals surface area contributed by atoms with E-state index in [4.69, 9.17) is 0 Å². The molecule has 1 atom stereocenters. The van der Waals surface area contributed by atoms with E-state index in [1.165, 1.54) is 6.20 Å². The van der Waals surface area contributed by atoms with E-state index in [0.717, 1.165) is 12.8 Å². The predicted octanol–water partition coefficient (Wildman–Crippen LogP) is 1.93. The molecule has 2 aromatic heterocycles. The molecular weight excluding hydrogens is 298 g/mol. The van der Waals surface area contributed by atoms with Gasteiger partial charge in [0.2, 0.25) is 5.95 Å². The molecule has 0 fully saturated rings. The van der Waals surface area contributed by atoms with Gasteiger partial charge in [0.05, 0.1) is 11.7 Å². The zero-order chi connectivity index (χ0) is 17.2.